The molecule has 2 unspecified atom stereocenters. The van der Waals surface area contributed by atoms with Crippen LogP contribution in [0.3, 0.4) is 0 Å². The lowest BCUT2D eigenvalue weighted by Gasteiger charge is -2.22. The van der Waals surface area contributed by atoms with E-state index < -0.39 is 0 Å². The van der Waals surface area contributed by atoms with Crippen molar-refractivity contribution in [1.82, 2.24) is 5.32 Å². The molecule has 0 saturated carbocycles. The van der Waals surface area contributed by atoms with Crippen LogP contribution in [0.5, 0.6) is 11.5 Å². The Hall–Kier alpha value is -1.52. The van der Waals surface area contributed by atoms with Gasteiger partial charge < -0.3 is 15.5 Å². The molecule has 2 aromatic rings. The molecule has 2 atom stereocenters. The van der Waals surface area contributed by atoms with Gasteiger partial charge in [0, 0.05) is 22.5 Å². The molecule has 3 nitrogen and oxygen atoms in total. The zero-order valence-corrected chi connectivity index (χ0v) is 11.9. The fraction of sp³-hybridized carbons (Fsp3) is 0.333. The molecule has 19 heavy (non-hydrogen) atoms. The van der Waals surface area contributed by atoms with Gasteiger partial charge in [0.05, 0.1) is 0 Å². The van der Waals surface area contributed by atoms with Gasteiger partial charge in [-0.05, 0) is 43.0 Å². The molecular weight excluding hydrogens is 258 g/mol. The minimum absolute atomic E-state index is 0.0286. The maximum Gasteiger partial charge on any atom is 0.120 e. The van der Waals surface area contributed by atoms with E-state index in [0.717, 1.165) is 12.0 Å². The van der Waals surface area contributed by atoms with E-state index in [4.69, 9.17) is 0 Å². The number of thiophene rings is 1. The molecule has 0 radical (unpaired) electrons. The van der Waals surface area contributed by atoms with Crippen LogP contribution >= 0.6 is 11.3 Å². The van der Waals surface area contributed by atoms with Gasteiger partial charge in [-0.3, -0.25) is 0 Å². The molecule has 1 aromatic heterocycles. The van der Waals surface area contributed by atoms with Gasteiger partial charge in [0.2, 0.25) is 0 Å². The van der Waals surface area contributed by atoms with Gasteiger partial charge in [0.15, 0.2) is 0 Å². The van der Waals surface area contributed by atoms with Crippen LogP contribution in [0.25, 0.3) is 0 Å². The highest BCUT2D eigenvalue weighted by Crippen LogP contribution is 2.31. The molecule has 0 fully saturated rings. The number of nitrogens with one attached hydrogen (secondary N) is 1. The zero-order valence-electron chi connectivity index (χ0n) is 11.1. The summed E-state index contributed by atoms with van der Waals surface area (Å²) in [5.41, 5.74) is 0.718. The third-order valence-corrected chi connectivity index (χ3v) is 4.21. The van der Waals surface area contributed by atoms with E-state index in [0.29, 0.717) is 0 Å². The first-order valence-electron chi connectivity index (χ1n) is 6.43. The van der Waals surface area contributed by atoms with Crippen LogP contribution in [0.4, 0.5) is 0 Å². The molecular formula is C15H19NO2S. The van der Waals surface area contributed by atoms with Crippen LogP contribution < -0.4 is 5.32 Å². The Kier molecular flexibility index (Phi) is 4.45. The minimum Gasteiger partial charge on any atom is -0.508 e. The van der Waals surface area contributed by atoms with Gasteiger partial charge in [-0.15, -0.1) is 11.3 Å². The normalized spacial score (nSPS) is 14.2. The topological polar surface area (TPSA) is 52.5 Å². The smallest absolute Gasteiger partial charge is 0.120 e. The summed E-state index contributed by atoms with van der Waals surface area (Å²) < 4.78 is 0. The fourth-order valence-corrected chi connectivity index (χ4v) is 3.04. The van der Waals surface area contributed by atoms with Crippen LogP contribution in [-0.2, 0) is 0 Å². The van der Waals surface area contributed by atoms with Gasteiger partial charge in [-0.1, -0.05) is 13.0 Å². The Bertz CT molecular complexity index is 525. The number of aromatic hydroxyl groups is 2. The van der Waals surface area contributed by atoms with Crippen LogP contribution in [0.2, 0.25) is 0 Å². The Morgan fingerprint density at radius 3 is 2.68 bits per heavy atom. The molecule has 0 amide bonds. The molecule has 0 aliphatic rings. The molecule has 3 N–H and O–H groups in total. The number of hydrogen-bond donors (Lipinski definition) is 3. The van der Waals surface area contributed by atoms with Crippen molar-refractivity contribution in [1.29, 1.82) is 0 Å². The quantitative estimate of drug-likeness (QED) is 0.725. The third-order valence-electron chi connectivity index (χ3n) is 3.22. The minimum atomic E-state index is -0.0286. The molecule has 0 bridgehead atoms. The lowest BCUT2D eigenvalue weighted by Crippen LogP contribution is -2.23. The van der Waals surface area contributed by atoms with Crippen LogP contribution in [-0.4, -0.2) is 10.2 Å². The van der Waals surface area contributed by atoms with Crippen molar-refractivity contribution in [2.75, 3.05) is 0 Å². The number of hydrogen-bond acceptors (Lipinski definition) is 4. The van der Waals surface area contributed by atoms with Gasteiger partial charge in [-0.25, -0.2) is 0 Å². The average molecular weight is 277 g/mol. The predicted molar refractivity (Wildman–Crippen MR) is 78.7 cm³/mol. The van der Waals surface area contributed by atoms with Crippen LogP contribution in [0, 0.1) is 0 Å². The summed E-state index contributed by atoms with van der Waals surface area (Å²) in [5.74, 6) is 0.379. The van der Waals surface area contributed by atoms with Crippen molar-refractivity contribution in [3.63, 3.8) is 0 Å². The van der Waals surface area contributed by atoms with E-state index in [2.05, 4.69) is 23.7 Å². The summed E-state index contributed by atoms with van der Waals surface area (Å²) in [6.07, 6.45) is 0.977. The van der Waals surface area contributed by atoms with E-state index in [9.17, 15) is 10.2 Å². The van der Waals surface area contributed by atoms with Gasteiger partial charge in [-0.2, -0.15) is 0 Å². The number of phenols is 2. The Morgan fingerprint density at radius 1 is 1.26 bits per heavy atom. The van der Waals surface area contributed by atoms with E-state index in [-0.39, 0.29) is 23.6 Å². The molecule has 4 heteroatoms. The van der Waals surface area contributed by atoms with Gasteiger partial charge in [0.1, 0.15) is 11.5 Å². The van der Waals surface area contributed by atoms with E-state index in [1.165, 1.54) is 17.0 Å². The summed E-state index contributed by atoms with van der Waals surface area (Å²) in [6.45, 7) is 4.12. The predicted octanol–water partition coefficient (Wildman–Crippen LogP) is 3.96. The second-order valence-corrected chi connectivity index (χ2v) is 5.59. The van der Waals surface area contributed by atoms with Crippen molar-refractivity contribution < 1.29 is 10.2 Å². The molecule has 0 aliphatic carbocycles. The van der Waals surface area contributed by atoms with E-state index in [1.54, 1.807) is 17.4 Å². The molecule has 1 aromatic carbocycles. The number of rotatable bonds is 5. The van der Waals surface area contributed by atoms with Gasteiger partial charge in [0.25, 0.3) is 0 Å². The second kappa shape index (κ2) is 6.08. The van der Waals surface area contributed by atoms with Crippen LogP contribution in [0.1, 0.15) is 42.8 Å². The largest absolute Gasteiger partial charge is 0.508 e. The number of phenolic OH excluding ortho intramolecular Hbond substituents is 2. The standard InChI is InChI=1S/C15H19NO2S/c1-3-13(15-5-4-8-19-15)16-10(2)12-9-11(17)6-7-14(12)18/h4-10,13,16-18H,3H2,1-2H3. The van der Waals surface area contributed by atoms with Crippen molar-refractivity contribution in [3.05, 3.63) is 46.2 Å². The first-order chi connectivity index (χ1) is 9.11. The lowest BCUT2D eigenvalue weighted by molar-refractivity contribution is 0.420. The Morgan fingerprint density at radius 2 is 2.05 bits per heavy atom. The maximum absolute atomic E-state index is 9.87. The van der Waals surface area contributed by atoms with Crippen molar-refractivity contribution in [3.8, 4) is 11.5 Å². The van der Waals surface area contributed by atoms with Crippen molar-refractivity contribution in [2.45, 2.75) is 32.4 Å². The Labute approximate surface area is 117 Å². The average Bonchev–Trinajstić information content (AvgIpc) is 2.92. The summed E-state index contributed by atoms with van der Waals surface area (Å²) in [4.78, 5) is 1.29. The molecule has 1 heterocycles. The number of benzene rings is 1. The molecule has 0 aliphatic heterocycles. The SMILES string of the molecule is CCC(NC(C)c1cc(O)ccc1O)c1cccs1. The highest BCUT2D eigenvalue weighted by Gasteiger charge is 2.17. The molecule has 0 spiro atoms. The van der Waals surface area contributed by atoms with Gasteiger partial charge >= 0.3 is 0 Å². The Balaban J connectivity index is 2.15. The van der Waals surface area contributed by atoms with Crippen molar-refractivity contribution >= 4 is 11.3 Å². The fourth-order valence-electron chi connectivity index (χ4n) is 2.17. The second-order valence-electron chi connectivity index (χ2n) is 4.61. The van der Waals surface area contributed by atoms with E-state index in [1.807, 2.05) is 13.0 Å². The first kappa shape index (κ1) is 13.9. The lowest BCUT2D eigenvalue weighted by atomic mass is 10.0. The monoisotopic (exact) mass is 277 g/mol. The molecule has 102 valence electrons. The summed E-state index contributed by atoms with van der Waals surface area (Å²) in [5, 5.41) is 25.0. The first-order valence-corrected chi connectivity index (χ1v) is 7.31. The summed E-state index contributed by atoms with van der Waals surface area (Å²) in [7, 11) is 0. The van der Waals surface area contributed by atoms with Crippen LogP contribution in [0.15, 0.2) is 35.7 Å². The van der Waals surface area contributed by atoms with Crippen molar-refractivity contribution in [2.24, 2.45) is 0 Å². The van der Waals surface area contributed by atoms with E-state index >= 15 is 0 Å². The highest BCUT2D eigenvalue weighted by atomic mass is 32.1. The highest BCUT2D eigenvalue weighted by molar-refractivity contribution is 7.10. The summed E-state index contributed by atoms with van der Waals surface area (Å²) >= 11 is 1.73. The maximum atomic E-state index is 9.87. The molecule has 0 saturated heterocycles. The zero-order chi connectivity index (χ0) is 13.8. The third kappa shape index (κ3) is 3.28. The summed E-state index contributed by atoms with van der Waals surface area (Å²) in [6, 6.07) is 9.00. The molecule has 2 rings (SSSR count).